The van der Waals surface area contributed by atoms with Crippen LogP contribution in [0.4, 0.5) is 13.6 Å². The molecule has 0 spiro atoms. The van der Waals surface area contributed by atoms with E-state index in [1.165, 1.54) is 14.0 Å². The Hall–Kier alpha value is -1.40. The average molecular weight is 224 g/mol. The Morgan fingerprint density at radius 3 is 2.40 bits per heavy atom. The van der Waals surface area contributed by atoms with Gasteiger partial charge in [-0.1, -0.05) is 0 Å². The molecule has 0 aliphatic carbocycles. The zero-order chi connectivity index (χ0) is 12.0. The molecule has 0 aromatic carbocycles. The Labute approximate surface area is 86.1 Å². The largest absolute Gasteiger partial charge is 0.481 e. The van der Waals surface area contributed by atoms with Gasteiger partial charge in [0.2, 0.25) is 0 Å². The number of amides is 2. The van der Waals surface area contributed by atoms with E-state index in [1.54, 1.807) is 0 Å². The molecule has 0 aliphatic rings. The maximum Gasteiger partial charge on any atom is 0.317 e. The van der Waals surface area contributed by atoms with Crippen LogP contribution in [0.15, 0.2) is 0 Å². The van der Waals surface area contributed by atoms with E-state index < -0.39 is 31.0 Å². The summed E-state index contributed by atoms with van der Waals surface area (Å²) in [5.74, 6) is -1.06. The molecule has 7 heteroatoms. The molecule has 15 heavy (non-hydrogen) atoms. The molecule has 0 heterocycles. The first-order chi connectivity index (χ1) is 6.82. The molecule has 5 nitrogen and oxygen atoms in total. The van der Waals surface area contributed by atoms with Crippen LogP contribution in [0.5, 0.6) is 0 Å². The van der Waals surface area contributed by atoms with Gasteiger partial charge in [-0.3, -0.25) is 4.79 Å². The fourth-order valence-electron chi connectivity index (χ4n) is 0.924. The predicted molar refractivity (Wildman–Crippen MR) is 48.9 cm³/mol. The summed E-state index contributed by atoms with van der Waals surface area (Å²) >= 11 is 0. The van der Waals surface area contributed by atoms with E-state index in [0.29, 0.717) is 0 Å². The van der Waals surface area contributed by atoms with E-state index in [0.717, 1.165) is 4.90 Å². The van der Waals surface area contributed by atoms with E-state index in [9.17, 15) is 18.4 Å². The van der Waals surface area contributed by atoms with Gasteiger partial charge in [-0.15, -0.1) is 0 Å². The van der Waals surface area contributed by atoms with Crippen molar-refractivity contribution in [3.8, 4) is 0 Å². The Kier molecular flexibility index (Phi) is 5.58. The number of alkyl halides is 2. The highest BCUT2D eigenvalue weighted by Gasteiger charge is 2.16. The summed E-state index contributed by atoms with van der Waals surface area (Å²) in [4.78, 5) is 22.2. The second-order valence-corrected chi connectivity index (χ2v) is 3.22. The lowest BCUT2D eigenvalue weighted by atomic mass is 10.2. The molecule has 0 aliphatic heterocycles. The van der Waals surface area contributed by atoms with Crippen molar-refractivity contribution in [2.45, 2.75) is 25.8 Å². The number of hydrogen-bond donors (Lipinski definition) is 2. The zero-order valence-electron chi connectivity index (χ0n) is 8.54. The molecule has 1 atom stereocenters. The molecule has 0 aromatic heterocycles. The van der Waals surface area contributed by atoms with E-state index in [4.69, 9.17) is 5.11 Å². The van der Waals surface area contributed by atoms with E-state index >= 15 is 0 Å². The average Bonchev–Trinajstić information content (AvgIpc) is 2.00. The number of aliphatic carboxylic acids is 1. The van der Waals surface area contributed by atoms with Crippen LogP contribution in [0.2, 0.25) is 0 Å². The summed E-state index contributed by atoms with van der Waals surface area (Å²) in [5.41, 5.74) is 0. The summed E-state index contributed by atoms with van der Waals surface area (Å²) in [6.07, 6.45) is -2.84. The van der Waals surface area contributed by atoms with Crippen LogP contribution in [0.1, 0.15) is 13.3 Å². The SMILES string of the molecule is CC(CC(=O)O)NC(=O)N(C)CC(F)F. The standard InChI is InChI=1S/C8H14F2N2O3/c1-5(3-7(13)14)11-8(15)12(2)4-6(9)10/h5-6H,3-4H2,1-2H3,(H,11,15)(H,13,14). The molecule has 0 saturated heterocycles. The van der Waals surface area contributed by atoms with Crippen molar-refractivity contribution in [1.29, 1.82) is 0 Å². The summed E-state index contributed by atoms with van der Waals surface area (Å²) in [6, 6.07) is -1.29. The van der Waals surface area contributed by atoms with Crippen molar-refractivity contribution in [2.24, 2.45) is 0 Å². The second kappa shape index (κ2) is 6.15. The number of carbonyl (C=O) groups is 2. The number of hydrogen-bond acceptors (Lipinski definition) is 2. The zero-order valence-corrected chi connectivity index (χ0v) is 8.54. The predicted octanol–water partition coefficient (Wildman–Crippen LogP) is 0.756. The van der Waals surface area contributed by atoms with Crippen LogP contribution < -0.4 is 5.32 Å². The smallest absolute Gasteiger partial charge is 0.317 e. The number of rotatable bonds is 5. The highest BCUT2D eigenvalue weighted by atomic mass is 19.3. The Bertz CT molecular complexity index is 236. The minimum absolute atomic E-state index is 0.242. The molecular weight excluding hydrogens is 210 g/mol. The molecule has 0 radical (unpaired) electrons. The highest BCUT2D eigenvalue weighted by molar-refractivity contribution is 5.75. The van der Waals surface area contributed by atoms with Gasteiger partial charge in [0, 0.05) is 13.1 Å². The number of urea groups is 1. The van der Waals surface area contributed by atoms with Gasteiger partial charge in [0.1, 0.15) is 0 Å². The maximum absolute atomic E-state index is 11.9. The first-order valence-corrected chi connectivity index (χ1v) is 4.34. The van der Waals surface area contributed by atoms with E-state index in [1.807, 2.05) is 0 Å². The van der Waals surface area contributed by atoms with Crippen molar-refractivity contribution in [1.82, 2.24) is 10.2 Å². The van der Waals surface area contributed by atoms with Crippen LogP contribution in [0, 0.1) is 0 Å². The van der Waals surface area contributed by atoms with Gasteiger partial charge in [0.05, 0.1) is 13.0 Å². The quantitative estimate of drug-likeness (QED) is 0.724. The molecule has 2 N–H and O–H groups in total. The monoisotopic (exact) mass is 224 g/mol. The first kappa shape index (κ1) is 13.6. The third kappa shape index (κ3) is 6.64. The van der Waals surface area contributed by atoms with Crippen LogP contribution in [-0.2, 0) is 4.79 Å². The molecule has 0 aromatic rings. The molecule has 0 rings (SSSR count). The van der Waals surface area contributed by atoms with E-state index in [2.05, 4.69) is 5.32 Å². The number of nitrogens with zero attached hydrogens (tertiary/aromatic N) is 1. The van der Waals surface area contributed by atoms with Gasteiger partial charge >= 0.3 is 12.0 Å². The number of carboxylic acids is 1. The van der Waals surface area contributed by atoms with E-state index in [-0.39, 0.29) is 6.42 Å². The van der Waals surface area contributed by atoms with Gasteiger partial charge in [-0.05, 0) is 6.92 Å². The molecule has 2 amide bonds. The minimum Gasteiger partial charge on any atom is -0.481 e. The molecule has 88 valence electrons. The Balaban J connectivity index is 3.95. The number of halogens is 2. The maximum atomic E-state index is 11.9. The summed E-state index contributed by atoms with van der Waals surface area (Å²) in [6.45, 7) is 0.813. The molecule has 0 bridgehead atoms. The topological polar surface area (TPSA) is 69.6 Å². The van der Waals surface area contributed by atoms with Gasteiger partial charge < -0.3 is 15.3 Å². The fraction of sp³-hybridized carbons (Fsp3) is 0.750. The van der Waals surface area contributed by atoms with Crippen molar-refractivity contribution in [3.05, 3.63) is 0 Å². The van der Waals surface area contributed by atoms with Crippen LogP contribution in [0.3, 0.4) is 0 Å². The number of carbonyl (C=O) groups excluding carboxylic acids is 1. The van der Waals surface area contributed by atoms with Crippen LogP contribution in [0.25, 0.3) is 0 Å². The third-order valence-electron chi connectivity index (χ3n) is 1.61. The van der Waals surface area contributed by atoms with Crippen molar-refractivity contribution >= 4 is 12.0 Å². The Morgan fingerprint density at radius 2 is 2.00 bits per heavy atom. The lowest BCUT2D eigenvalue weighted by molar-refractivity contribution is -0.137. The lowest BCUT2D eigenvalue weighted by Crippen LogP contribution is -2.44. The summed E-state index contributed by atoms with van der Waals surface area (Å²) < 4.78 is 23.8. The van der Waals surface area contributed by atoms with Crippen molar-refractivity contribution in [2.75, 3.05) is 13.6 Å². The molecule has 1 unspecified atom stereocenters. The second-order valence-electron chi connectivity index (χ2n) is 3.22. The highest BCUT2D eigenvalue weighted by Crippen LogP contribution is 1.97. The molecular formula is C8H14F2N2O3. The Morgan fingerprint density at radius 1 is 1.47 bits per heavy atom. The fourth-order valence-corrected chi connectivity index (χ4v) is 0.924. The third-order valence-corrected chi connectivity index (χ3v) is 1.61. The number of nitrogens with one attached hydrogen (secondary N) is 1. The van der Waals surface area contributed by atoms with Gasteiger partial charge in [0.15, 0.2) is 0 Å². The normalized spacial score (nSPS) is 12.3. The van der Waals surface area contributed by atoms with Crippen molar-refractivity contribution < 1.29 is 23.5 Å². The first-order valence-electron chi connectivity index (χ1n) is 4.34. The minimum atomic E-state index is -2.60. The molecule has 0 fully saturated rings. The van der Waals surface area contributed by atoms with Gasteiger partial charge in [0.25, 0.3) is 6.43 Å². The summed E-state index contributed by atoms with van der Waals surface area (Å²) in [7, 11) is 1.22. The lowest BCUT2D eigenvalue weighted by Gasteiger charge is -2.20. The van der Waals surface area contributed by atoms with Gasteiger partial charge in [-0.25, -0.2) is 13.6 Å². The van der Waals surface area contributed by atoms with Crippen LogP contribution in [-0.4, -0.2) is 48.1 Å². The van der Waals surface area contributed by atoms with Crippen LogP contribution >= 0.6 is 0 Å². The van der Waals surface area contributed by atoms with Crippen molar-refractivity contribution in [3.63, 3.8) is 0 Å². The van der Waals surface area contributed by atoms with Gasteiger partial charge in [-0.2, -0.15) is 0 Å². The number of carboxylic acid groups (broad SMARTS) is 1. The molecule has 0 saturated carbocycles. The summed E-state index contributed by atoms with van der Waals surface area (Å²) in [5, 5.41) is 10.7.